The summed E-state index contributed by atoms with van der Waals surface area (Å²) in [6.45, 7) is 0.221. The van der Waals surface area contributed by atoms with E-state index in [2.05, 4.69) is 15.5 Å². The standard InChI is InChI=1S/C22H16N4O3/c27-21-17-8-4-5-9-18(17)26(16-6-2-1-3-7-16)22(24-21)25-23-13-15-10-11-19-20(12-15)29-14-28-19/h1-13H,14H2,(H,24,25,27)/b23-13-. The molecule has 4 aromatic rings. The van der Waals surface area contributed by atoms with Crippen molar-refractivity contribution in [1.82, 2.24) is 9.55 Å². The zero-order valence-corrected chi connectivity index (χ0v) is 15.3. The number of anilines is 1. The van der Waals surface area contributed by atoms with Gasteiger partial charge in [-0.1, -0.05) is 30.3 Å². The van der Waals surface area contributed by atoms with Gasteiger partial charge in [-0.3, -0.25) is 9.36 Å². The van der Waals surface area contributed by atoms with E-state index in [1.807, 2.05) is 71.3 Å². The first-order valence-electron chi connectivity index (χ1n) is 9.05. The highest BCUT2D eigenvalue weighted by atomic mass is 16.7. The van der Waals surface area contributed by atoms with Gasteiger partial charge in [0, 0.05) is 5.69 Å². The summed E-state index contributed by atoms with van der Waals surface area (Å²) in [4.78, 5) is 16.7. The fourth-order valence-electron chi connectivity index (χ4n) is 3.24. The minimum Gasteiger partial charge on any atom is -0.454 e. The van der Waals surface area contributed by atoms with Crippen LogP contribution in [-0.2, 0) is 0 Å². The summed E-state index contributed by atoms with van der Waals surface area (Å²) in [6.07, 6.45) is 1.64. The average Bonchev–Trinajstić information content (AvgIpc) is 3.23. The molecule has 1 aliphatic rings. The molecule has 0 aliphatic carbocycles. The van der Waals surface area contributed by atoms with Gasteiger partial charge in [0.05, 0.1) is 17.1 Å². The number of nitrogens with zero attached hydrogens (tertiary/aromatic N) is 3. The van der Waals surface area contributed by atoms with Gasteiger partial charge in [-0.25, -0.2) is 5.43 Å². The number of hydrogen-bond acceptors (Lipinski definition) is 6. The van der Waals surface area contributed by atoms with Crippen molar-refractivity contribution in [2.75, 3.05) is 12.2 Å². The number of para-hydroxylation sites is 2. The van der Waals surface area contributed by atoms with Gasteiger partial charge < -0.3 is 9.47 Å². The maximum absolute atomic E-state index is 12.5. The number of hydrazone groups is 1. The van der Waals surface area contributed by atoms with Crippen molar-refractivity contribution in [3.63, 3.8) is 0 Å². The predicted octanol–water partition coefficient (Wildman–Crippen LogP) is 3.56. The van der Waals surface area contributed by atoms with Gasteiger partial charge in [0.25, 0.3) is 5.56 Å². The Morgan fingerprint density at radius 1 is 0.966 bits per heavy atom. The Morgan fingerprint density at radius 3 is 2.66 bits per heavy atom. The van der Waals surface area contributed by atoms with E-state index < -0.39 is 0 Å². The number of benzene rings is 3. The Hall–Kier alpha value is -4.13. The summed E-state index contributed by atoms with van der Waals surface area (Å²) in [5.74, 6) is 1.72. The Kier molecular flexibility index (Phi) is 4.18. The van der Waals surface area contributed by atoms with E-state index in [9.17, 15) is 4.79 Å². The van der Waals surface area contributed by atoms with Gasteiger partial charge in [0.1, 0.15) is 0 Å². The molecule has 0 radical (unpaired) electrons. The van der Waals surface area contributed by atoms with Gasteiger partial charge >= 0.3 is 0 Å². The third kappa shape index (κ3) is 3.19. The molecule has 1 N–H and O–H groups in total. The van der Waals surface area contributed by atoms with Crippen LogP contribution in [0.3, 0.4) is 0 Å². The van der Waals surface area contributed by atoms with E-state index in [0.29, 0.717) is 22.8 Å². The summed E-state index contributed by atoms with van der Waals surface area (Å²) < 4.78 is 12.6. The normalized spacial score (nSPS) is 12.6. The van der Waals surface area contributed by atoms with E-state index in [1.165, 1.54) is 0 Å². The lowest BCUT2D eigenvalue weighted by Crippen LogP contribution is -2.16. The molecule has 0 amide bonds. The van der Waals surface area contributed by atoms with Crippen molar-refractivity contribution in [2.45, 2.75) is 0 Å². The second-order valence-corrected chi connectivity index (χ2v) is 6.41. The summed E-state index contributed by atoms with van der Waals surface area (Å²) >= 11 is 0. The van der Waals surface area contributed by atoms with Crippen LogP contribution < -0.4 is 20.5 Å². The Labute approximate surface area is 165 Å². The first kappa shape index (κ1) is 17.0. The number of nitrogens with one attached hydrogen (secondary N) is 1. The molecule has 0 atom stereocenters. The number of fused-ring (bicyclic) bond motifs is 2. The zero-order chi connectivity index (χ0) is 19.6. The smallest absolute Gasteiger partial charge is 0.282 e. The van der Waals surface area contributed by atoms with Gasteiger partial charge in [0.2, 0.25) is 12.7 Å². The molecule has 5 rings (SSSR count). The molecule has 0 saturated heterocycles. The van der Waals surface area contributed by atoms with Crippen LogP contribution in [0.5, 0.6) is 11.5 Å². The number of ether oxygens (including phenoxy) is 2. The van der Waals surface area contributed by atoms with Gasteiger partial charge in [-0.05, 0) is 48.0 Å². The third-order valence-corrected chi connectivity index (χ3v) is 4.58. The molecule has 0 saturated carbocycles. The molecule has 0 spiro atoms. The molecular weight excluding hydrogens is 368 g/mol. The molecule has 0 unspecified atom stereocenters. The molecule has 2 heterocycles. The summed E-state index contributed by atoms with van der Waals surface area (Å²) in [7, 11) is 0. The Morgan fingerprint density at radius 2 is 1.76 bits per heavy atom. The highest BCUT2D eigenvalue weighted by molar-refractivity contribution is 5.83. The lowest BCUT2D eigenvalue weighted by atomic mass is 10.2. The molecule has 1 aromatic heterocycles. The molecule has 1 aliphatic heterocycles. The van der Waals surface area contributed by atoms with Crippen LogP contribution in [0.25, 0.3) is 16.6 Å². The molecular formula is C22H16N4O3. The zero-order valence-electron chi connectivity index (χ0n) is 15.3. The van der Waals surface area contributed by atoms with Crippen LogP contribution in [0.1, 0.15) is 5.56 Å². The summed E-state index contributed by atoms with van der Waals surface area (Å²) in [5.41, 5.74) is 5.05. The average molecular weight is 384 g/mol. The fourth-order valence-corrected chi connectivity index (χ4v) is 3.24. The monoisotopic (exact) mass is 384 g/mol. The van der Waals surface area contributed by atoms with E-state index in [1.54, 1.807) is 12.3 Å². The minimum atomic E-state index is -0.312. The van der Waals surface area contributed by atoms with Crippen LogP contribution in [0.4, 0.5) is 5.95 Å². The van der Waals surface area contributed by atoms with Crippen LogP contribution in [0.2, 0.25) is 0 Å². The van der Waals surface area contributed by atoms with Crippen molar-refractivity contribution in [2.24, 2.45) is 5.10 Å². The van der Waals surface area contributed by atoms with Crippen LogP contribution in [0.15, 0.2) is 82.7 Å². The second kappa shape index (κ2) is 7.12. The molecule has 7 nitrogen and oxygen atoms in total. The van der Waals surface area contributed by atoms with Crippen molar-refractivity contribution >= 4 is 23.1 Å². The second-order valence-electron chi connectivity index (χ2n) is 6.41. The highest BCUT2D eigenvalue weighted by Crippen LogP contribution is 2.32. The maximum Gasteiger partial charge on any atom is 0.282 e. The van der Waals surface area contributed by atoms with E-state index in [-0.39, 0.29) is 12.4 Å². The fraction of sp³-hybridized carbons (Fsp3) is 0.0455. The lowest BCUT2D eigenvalue weighted by Gasteiger charge is -2.15. The van der Waals surface area contributed by atoms with Crippen molar-refractivity contribution in [3.05, 3.63) is 88.7 Å². The first-order valence-corrected chi connectivity index (χ1v) is 9.05. The largest absolute Gasteiger partial charge is 0.454 e. The lowest BCUT2D eigenvalue weighted by molar-refractivity contribution is 0.174. The van der Waals surface area contributed by atoms with Crippen LogP contribution >= 0.6 is 0 Å². The predicted molar refractivity (Wildman–Crippen MR) is 111 cm³/mol. The van der Waals surface area contributed by atoms with Crippen LogP contribution in [-0.4, -0.2) is 22.6 Å². The van der Waals surface area contributed by atoms with Crippen molar-refractivity contribution < 1.29 is 9.47 Å². The SMILES string of the molecule is O=c1nc(N/N=C\c2ccc3c(c2)OCO3)n(-c2ccccc2)c2ccccc12. The Balaban J connectivity index is 1.55. The molecule has 3 aromatic carbocycles. The number of aromatic nitrogens is 2. The third-order valence-electron chi connectivity index (χ3n) is 4.58. The molecule has 29 heavy (non-hydrogen) atoms. The Bertz CT molecular complexity index is 1280. The molecule has 7 heteroatoms. The van der Waals surface area contributed by atoms with Crippen molar-refractivity contribution in [1.29, 1.82) is 0 Å². The van der Waals surface area contributed by atoms with Crippen LogP contribution in [0, 0.1) is 0 Å². The minimum absolute atomic E-state index is 0.221. The molecule has 0 fully saturated rings. The highest BCUT2D eigenvalue weighted by Gasteiger charge is 2.13. The van der Waals surface area contributed by atoms with Gasteiger partial charge in [-0.2, -0.15) is 10.1 Å². The number of rotatable bonds is 4. The number of hydrogen-bond donors (Lipinski definition) is 1. The summed E-state index contributed by atoms with van der Waals surface area (Å²) in [6, 6.07) is 22.6. The topological polar surface area (TPSA) is 77.7 Å². The van der Waals surface area contributed by atoms with Gasteiger partial charge in [-0.15, -0.1) is 0 Å². The first-order chi connectivity index (χ1) is 14.3. The van der Waals surface area contributed by atoms with E-state index in [0.717, 1.165) is 16.8 Å². The molecule has 142 valence electrons. The quantitative estimate of drug-likeness (QED) is 0.430. The van der Waals surface area contributed by atoms with E-state index in [4.69, 9.17) is 9.47 Å². The molecule has 0 bridgehead atoms. The van der Waals surface area contributed by atoms with Crippen molar-refractivity contribution in [3.8, 4) is 17.2 Å². The van der Waals surface area contributed by atoms with E-state index >= 15 is 0 Å². The van der Waals surface area contributed by atoms with Gasteiger partial charge in [0.15, 0.2) is 11.5 Å². The maximum atomic E-state index is 12.5. The summed E-state index contributed by atoms with van der Waals surface area (Å²) in [5, 5.41) is 4.82.